The molecule has 0 amide bonds. The molecule has 0 saturated carbocycles. The Hall–Kier alpha value is -1.42. The number of hydrogen-bond donors (Lipinski definition) is 1. The van der Waals surface area contributed by atoms with Crippen molar-refractivity contribution >= 4 is 0 Å². The van der Waals surface area contributed by atoms with Gasteiger partial charge in [-0.2, -0.15) is 0 Å². The minimum Gasteiger partial charge on any atom is -0.493 e. The summed E-state index contributed by atoms with van der Waals surface area (Å²) in [6.07, 6.45) is -0.283. The maximum Gasteiger partial charge on any atom is 0.203 e. The van der Waals surface area contributed by atoms with Crippen LogP contribution in [0.25, 0.3) is 0 Å². The Morgan fingerprint density at radius 1 is 1.57 bits per heavy atom. The molecule has 1 aliphatic heterocycles. The molecule has 1 N–H and O–H groups in total. The van der Waals surface area contributed by atoms with Crippen LogP contribution in [0.15, 0.2) is 18.2 Å². The Balaban J connectivity index is 2.30. The van der Waals surface area contributed by atoms with Gasteiger partial charge in [-0.25, -0.2) is 0 Å². The number of ether oxygens (including phenoxy) is 3. The number of para-hydroxylation sites is 1. The van der Waals surface area contributed by atoms with Crippen LogP contribution in [0, 0.1) is 0 Å². The largest absolute Gasteiger partial charge is 0.493 e. The van der Waals surface area contributed by atoms with E-state index >= 15 is 0 Å². The molecule has 0 bridgehead atoms. The first-order chi connectivity index (χ1) is 6.85. The van der Waals surface area contributed by atoms with Gasteiger partial charge in [0.05, 0.1) is 13.7 Å². The first kappa shape index (κ1) is 9.15. The summed E-state index contributed by atoms with van der Waals surface area (Å²) in [5.41, 5.74) is 0. The Labute approximate surface area is 82.0 Å². The van der Waals surface area contributed by atoms with E-state index in [1.54, 1.807) is 13.2 Å². The highest BCUT2D eigenvalue weighted by Gasteiger charge is 2.22. The number of methoxy groups -OCH3 is 1. The molecule has 14 heavy (non-hydrogen) atoms. The summed E-state index contributed by atoms with van der Waals surface area (Å²) in [5.74, 6) is 1.88. The predicted molar refractivity (Wildman–Crippen MR) is 50.0 cm³/mol. The van der Waals surface area contributed by atoms with Crippen molar-refractivity contribution in [3.05, 3.63) is 18.2 Å². The van der Waals surface area contributed by atoms with E-state index < -0.39 is 0 Å². The minimum atomic E-state index is -0.283. The molecule has 0 radical (unpaired) electrons. The van der Waals surface area contributed by atoms with Gasteiger partial charge in [-0.1, -0.05) is 6.07 Å². The van der Waals surface area contributed by atoms with Gasteiger partial charge in [0.1, 0.15) is 6.61 Å². The molecule has 76 valence electrons. The van der Waals surface area contributed by atoms with Crippen molar-refractivity contribution in [2.24, 2.45) is 0 Å². The highest BCUT2D eigenvalue weighted by atomic mass is 16.6. The Kier molecular flexibility index (Phi) is 2.45. The maximum absolute atomic E-state index is 8.91. The van der Waals surface area contributed by atoms with Crippen LogP contribution in [0.4, 0.5) is 0 Å². The highest BCUT2D eigenvalue weighted by Crippen LogP contribution is 2.39. The van der Waals surface area contributed by atoms with E-state index in [0.29, 0.717) is 23.9 Å². The quantitative estimate of drug-likeness (QED) is 0.761. The topological polar surface area (TPSA) is 47.9 Å². The van der Waals surface area contributed by atoms with Crippen LogP contribution in [-0.2, 0) is 0 Å². The van der Waals surface area contributed by atoms with Crippen molar-refractivity contribution in [3.8, 4) is 17.2 Å². The summed E-state index contributed by atoms with van der Waals surface area (Å²) in [7, 11) is 1.58. The van der Waals surface area contributed by atoms with Gasteiger partial charge in [-0.3, -0.25) is 0 Å². The SMILES string of the molecule is COc1cccc2c1OCC(CO)O2. The van der Waals surface area contributed by atoms with E-state index in [0.717, 1.165) is 0 Å². The lowest BCUT2D eigenvalue weighted by molar-refractivity contribution is 0.0438. The Bertz CT molecular complexity index is 324. The molecule has 0 fully saturated rings. The molecule has 1 unspecified atom stereocenters. The van der Waals surface area contributed by atoms with E-state index in [1.165, 1.54) is 0 Å². The second-order valence-corrected chi connectivity index (χ2v) is 3.02. The second kappa shape index (κ2) is 3.75. The van der Waals surface area contributed by atoms with Crippen molar-refractivity contribution < 1.29 is 19.3 Å². The number of benzene rings is 1. The molecule has 0 saturated heterocycles. The van der Waals surface area contributed by atoms with Gasteiger partial charge >= 0.3 is 0 Å². The van der Waals surface area contributed by atoms with E-state index in [9.17, 15) is 0 Å². The second-order valence-electron chi connectivity index (χ2n) is 3.02. The fourth-order valence-electron chi connectivity index (χ4n) is 1.37. The molecule has 1 heterocycles. The van der Waals surface area contributed by atoms with E-state index in [2.05, 4.69) is 0 Å². The van der Waals surface area contributed by atoms with Crippen LogP contribution >= 0.6 is 0 Å². The third kappa shape index (κ3) is 1.48. The summed E-state index contributed by atoms with van der Waals surface area (Å²) in [6.45, 7) is 0.306. The lowest BCUT2D eigenvalue weighted by Crippen LogP contribution is -2.32. The molecule has 4 heteroatoms. The molecule has 0 spiro atoms. The lowest BCUT2D eigenvalue weighted by atomic mass is 10.2. The zero-order valence-corrected chi connectivity index (χ0v) is 7.90. The summed E-state index contributed by atoms with van der Waals surface area (Å²) in [4.78, 5) is 0. The van der Waals surface area contributed by atoms with Crippen LogP contribution in [0.3, 0.4) is 0 Å². The fourth-order valence-corrected chi connectivity index (χ4v) is 1.37. The van der Waals surface area contributed by atoms with E-state index in [-0.39, 0.29) is 12.7 Å². The van der Waals surface area contributed by atoms with Gasteiger partial charge in [-0.05, 0) is 12.1 Å². The monoisotopic (exact) mass is 196 g/mol. The van der Waals surface area contributed by atoms with E-state index in [4.69, 9.17) is 19.3 Å². The molecule has 1 aromatic carbocycles. The van der Waals surface area contributed by atoms with Gasteiger partial charge < -0.3 is 19.3 Å². The Morgan fingerprint density at radius 2 is 2.43 bits per heavy atom. The first-order valence-electron chi connectivity index (χ1n) is 4.42. The zero-order chi connectivity index (χ0) is 9.97. The molecular weight excluding hydrogens is 184 g/mol. The first-order valence-corrected chi connectivity index (χ1v) is 4.42. The number of aliphatic hydroxyl groups is 1. The molecule has 1 atom stereocenters. The van der Waals surface area contributed by atoms with Crippen LogP contribution in [0.2, 0.25) is 0 Å². The molecular formula is C10H12O4. The average Bonchev–Trinajstić information content (AvgIpc) is 2.27. The summed E-state index contributed by atoms with van der Waals surface area (Å²) in [5, 5.41) is 8.91. The molecule has 0 aliphatic carbocycles. The van der Waals surface area contributed by atoms with Crippen molar-refractivity contribution in [3.63, 3.8) is 0 Å². The van der Waals surface area contributed by atoms with Gasteiger partial charge in [-0.15, -0.1) is 0 Å². The minimum absolute atomic E-state index is 0.0450. The van der Waals surface area contributed by atoms with E-state index in [1.807, 2.05) is 12.1 Å². The van der Waals surface area contributed by atoms with Crippen molar-refractivity contribution in [1.82, 2.24) is 0 Å². The van der Waals surface area contributed by atoms with Gasteiger partial charge in [0.2, 0.25) is 5.75 Å². The molecule has 4 nitrogen and oxygen atoms in total. The molecule has 1 aromatic rings. The third-order valence-corrected chi connectivity index (χ3v) is 2.07. The third-order valence-electron chi connectivity index (χ3n) is 2.07. The molecule has 2 rings (SSSR count). The van der Waals surface area contributed by atoms with Gasteiger partial charge in [0.25, 0.3) is 0 Å². The molecule has 1 aliphatic rings. The normalized spacial score (nSPS) is 19.1. The highest BCUT2D eigenvalue weighted by molar-refractivity contribution is 5.51. The molecule has 0 aromatic heterocycles. The van der Waals surface area contributed by atoms with Crippen molar-refractivity contribution in [2.45, 2.75) is 6.10 Å². The lowest BCUT2D eigenvalue weighted by Gasteiger charge is -2.26. The van der Waals surface area contributed by atoms with Gasteiger partial charge in [0, 0.05) is 0 Å². The zero-order valence-electron chi connectivity index (χ0n) is 7.90. The van der Waals surface area contributed by atoms with Crippen molar-refractivity contribution in [2.75, 3.05) is 20.3 Å². The standard InChI is InChI=1S/C10H12O4/c1-12-8-3-2-4-9-10(8)13-6-7(5-11)14-9/h2-4,7,11H,5-6H2,1H3. The summed E-state index contributed by atoms with van der Waals surface area (Å²) < 4.78 is 16.0. The van der Waals surface area contributed by atoms with Gasteiger partial charge in [0.15, 0.2) is 17.6 Å². The summed E-state index contributed by atoms with van der Waals surface area (Å²) in [6, 6.07) is 5.42. The summed E-state index contributed by atoms with van der Waals surface area (Å²) >= 11 is 0. The maximum atomic E-state index is 8.91. The average molecular weight is 196 g/mol. The van der Waals surface area contributed by atoms with Crippen LogP contribution in [0.1, 0.15) is 0 Å². The number of hydrogen-bond acceptors (Lipinski definition) is 4. The van der Waals surface area contributed by atoms with Crippen molar-refractivity contribution in [1.29, 1.82) is 0 Å². The van der Waals surface area contributed by atoms with Crippen LogP contribution in [0.5, 0.6) is 17.2 Å². The van der Waals surface area contributed by atoms with Crippen LogP contribution < -0.4 is 14.2 Å². The number of aliphatic hydroxyl groups excluding tert-OH is 1. The fraction of sp³-hybridized carbons (Fsp3) is 0.400. The predicted octanol–water partition coefficient (Wildman–Crippen LogP) is 0.827. The van der Waals surface area contributed by atoms with Crippen LogP contribution in [-0.4, -0.2) is 31.5 Å². The Morgan fingerprint density at radius 3 is 3.14 bits per heavy atom. The number of fused-ring (bicyclic) bond motifs is 1. The number of rotatable bonds is 2. The smallest absolute Gasteiger partial charge is 0.203 e.